The molecule has 0 aromatic heterocycles. The van der Waals surface area contributed by atoms with Crippen LogP contribution >= 0.6 is 0 Å². The molecule has 1 fully saturated rings. The molecule has 3 heteroatoms. The van der Waals surface area contributed by atoms with Crippen LogP contribution in [0.1, 0.15) is 42.4 Å². The predicted molar refractivity (Wildman–Crippen MR) is 65.0 cm³/mol. The molecule has 1 aromatic rings. The summed E-state index contributed by atoms with van der Waals surface area (Å²) in [6, 6.07) is 7.57. The summed E-state index contributed by atoms with van der Waals surface area (Å²) in [5.41, 5.74) is 1.77. The number of hydrogen-bond acceptors (Lipinski definition) is 3. The van der Waals surface area contributed by atoms with Crippen LogP contribution in [0, 0.1) is 16.7 Å². The number of nitrogens with zero attached hydrogens (tertiary/aromatic N) is 1. The summed E-state index contributed by atoms with van der Waals surface area (Å²) in [4.78, 5) is 24.4. The number of rotatable bonds is 0. The Bertz CT molecular complexity index is 611. The van der Waals surface area contributed by atoms with Gasteiger partial charge in [0.25, 0.3) is 0 Å². The normalized spacial score (nSPS) is 29.7. The van der Waals surface area contributed by atoms with E-state index in [9.17, 15) is 9.59 Å². The number of carbonyl (C=O) groups excluding carboxylic acids is 2. The lowest BCUT2D eigenvalue weighted by molar-refractivity contribution is -0.144. The minimum Gasteiger partial charge on any atom is -0.299 e. The van der Waals surface area contributed by atoms with Crippen molar-refractivity contribution in [1.82, 2.24) is 0 Å². The minimum absolute atomic E-state index is 0.0429. The average Bonchev–Trinajstić information content (AvgIpc) is 2.37. The molecule has 3 rings (SSSR count). The molecule has 18 heavy (non-hydrogen) atoms. The summed E-state index contributed by atoms with van der Waals surface area (Å²) in [6.45, 7) is 1.77. The molecular formula is C15H13NO2. The van der Waals surface area contributed by atoms with Crippen molar-refractivity contribution in [1.29, 1.82) is 5.26 Å². The summed E-state index contributed by atoms with van der Waals surface area (Å²) >= 11 is 0. The van der Waals surface area contributed by atoms with E-state index in [-0.39, 0.29) is 17.5 Å². The third-order valence-corrected chi connectivity index (χ3v) is 4.33. The number of benzene rings is 1. The van der Waals surface area contributed by atoms with Crippen LogP contribution in [0.5, 0.6) is 0 Å². The molecule has 3 nitrogen and oxygen atoms in total. The Kier molecular flexibility index (Phi) is 2.18. The number of hydrogen-bond donors (Lipinski definition) is 0. The van der Waals surface area contributed by atoms with Crippen molar-refractivity contribution in [2.45, 2.75) is 32.1 Å². The Morgan fingerprint density at radius 1 is 1.39 bits per heavy atom. The van der Waals surface area contributed by atoms with E-state index in [2.05, 4.69) is 6.07 Å². The quantitative estimate of drug-likeness (QED) is 0.652. The zero-order valence-electron chi connectivity index (χ0n) is 10.2. The molecule has 0 heterocycles. The lowest BCUT2D eigenvalue weighted by Gasteiger charge is -2.41. The Morgan fingerprint density at radius 2 is 2.17 bits per heavy atom. The Labute approximate surface area is 105 Å². The average molecular weight is 239 g/mol. The number of ketones is 2. The van der Waals surface area contributed by atoms with Crippen molar-refractivity contribution < 1.29 is 9.59 Å². The van der Waals surface area contributed by atoms with Gasteiger partial charge in [0.1, 0.15) is 5.78 Å². The lowest BCUT2D eigenvalue weighted by Crippen LogP contribution is -2.48. The highest BCUT2D eigenvalue weighted by Gasteiger charge is 2.51. The fourth-order valence-corrected chi connectivity index (χ4v) is 3.22. The molecule has 1 saturated carbocycles. The second-order valence-electron chi connectivity index (χ2n) is 5.41. The van der Waals surface area contributed by atoms with Gasteiger partial charge in [-0.3, -0.25) is 9.59 Å². The fourth-order valence-electron chi connectivity index (χ4n) is 3.22. The van der Waals surface area contributed by atoms with E-state index in [0.717, 1.165) is 11.1 Å². The lowest BCUT2D eigenvalue weighted by atomic mass is 9.59. The van der Waals surface area contributed by atoms with Crippen molar-refractivity contribution in [3.63, 3.8) is 0 Å². The van der Waals surface area contributed by atoms with Crippen LogP contribution in [0.25, 0.3) is 0 Å². The van der Waals surface area contributed by atoms with Gasteiger partial charge < -0.3 is 0 Å². The number of Topliss-reactive ketones (excluding diaryl/α,β-unsaturated/α-hetero) is 2. The zero-order valence-corrected chi connectivity index (χ0v) is 10.2. The maximum Gasteiger partial charge on any atom is 0.153 e. The van der Waals surface area contributed by atoms with Crippen LogP contribution < -0.4 is 0 Å². The summed E-state index contributed by atoms with van der Waals surface area (Å²) in [7, 11) is 0. The molecule has 2 bridgehead atoms. The summed E-state index contributed by atoms with van der Waals surface area (Å²) in [5, 5.41) is 8.93. The van der Waals surface area contributed by atoms with E-state index in [1.807, 2.05) is 12.1 Å². The van der Waals surface area contributed by atoms with Gasteiger partial charge in [0.05, 0.1) is 17.0 Å². The fraction of sp³-hybridized carbons (Fsp3) is 0.400. The molecule has 0 amide bonds. The smallest absolute Gasteiger partial charge is 0.153 e. The first kappa shape index (κ1) is 11.2. The largest absolute Gasteiger partial charge is 0.299 e. The Hall–Kier alpha value is -1.95. The van der Waals surface area contributed by atoms with Gasteiger partial charge in [-0.1, -0.05) is 6.07 Å². The molecule has 0 N–H and O–H groups in total. The van der Waals surface area contributed by atoms with Gasteiger partial charge in [-0.2, -0.15) is 5.26 Å². The van der Waals surface area contributed by atoms with Gasteiger partial charge in [0.2, 0.25) is 0 Å². The molecular weight excluding hydrogens is 226 g/mol. The van der Waals surface area contributed by atoms with Crippen LogP contribution in [0.15, 0.2) is 18.2 Å². The van der Waals surface area contributed by atoms with E-state index in [1.165, 1.54) is 0 Å². The van der Waals surface area contributed by atoms with Crippen LogP contribution in [0.3, 0.4) is 0 Å². The second kappa shape index (κ2) is 3.52. The first-order chi connectivity index (χ1) is 8.56. The number of nitriles is 1. The van der Waals surface area contributed by atoms with Gasteiger partial charge in [-0.25, -0.2) is 0 Å². The van der Waals surface area contributed by atoms with Crippen molar-refractivity contribution in [2.24, 2.45) is 5.41 Å². The SMILES string of the molecule is C[C@]12Cc3ccc(C#N)cc3[C@H](CCC1=O)C2=O. The van der Waals surface area contributed by atoms with Crippen molar-refractivity contribution in [3.8, 4) is 6.07 Å². The number of fused-ring (bicyclic) bond motifs is 4. The van der Waals surface area contributed by atoms with Gasteiger partial charge in [-0.15, -0.1) is 0 Å². The first-order valence-corrected chi connectivity index (χ1v) is 6.17. The van der Waals surface area contributed by atoms with Gasteiger partial charge in [-0.05, 0) is 43.0 Å². The molecule has 2 atom stereocenters. The second-order valence-corrected chi connectivity index (χ2v) is 5.41. The van der Waals surface area contributed by atoms with E-state index >= 15 is 0 Å². The van der Waals surface area contributed by atoms with Crippen LogP contribution in [-0.2, 0) is 16.0 Å². The predicted octanol–water partition coefficient (Wildman–Crippen LogP) is 2.14. The summed E-state index contributed by atoms with van der Waals surface area (Å²) in [5.74, 6) is -0.0788. The summed E-state index contributed by atoms with van der Waals surface area (Å²) < 4.78 is 0. The molecule has 2 aliphatic carbocycles. The monoisotopic (exact) mass is 239 g/mol. The van der Waals surface area contributed by atoms with Crippen molar-refractivity contribution >= 4 is 11.6 Å². The van der Waals surface area contributed by atoms with Crippen LogP contribution in [0.4, 0.5) is 0 Å². The highest BCUT2D eigenvalue weighted by atomic mass is 16.2. The molecule has 0 aliphatic heterocycles. The van der Waals surface area contributed by atoms with Crippen molar-refractivity contribution in [2.75, 3.05) is 0 Å². The Balaban J connectivity index is 2.19. The summed E-state index contributed by atoms with van der Waals surface area (Å²) in [6.07, 6.45) is 1.56. The maximum absolute atomic E-state index is 12.4. The molecule has 0 unspecified atom stereocenters. The molecule has 2 aliphatic rings. The van der Waals surface area contributed by atoms with E-state index in [4.69, 9.17) is 5.26 Å². The Morgan fingerprint density at radius 3 is 2.89 bits per heavy atom. The molecule has 0 radical (unpaired) electrons. The highest BCUT2D eigenvalue weighted by molar-refractivity contribution is 6.12. The van der Waals surface area contributed by atoms with Crippen LogP contribution in [0.2, 0.25) is 0 Å². The standard InChI is InChI=1S/C15H13NO2/c1-15-7-10-3-2-9(8-16)6-12(10)11(14(15)18)4-5-13(15)17/h2-3,6,11H,4-5,7H2,1H3/t11-,15-/m0/s1. The van der Waals surface area contributed by atoms with Gasteiger partial charge >= 0.3 is 0 Å². The van der Waals surface area contributed by atoms with Gasteiger partial charge in [0.15, 0.2) is 5.78 Å². The van der Waals surface area contributed by atoms with E-state index in [0.29, 0.717) is 24.8 Å². The maximum atomic E-state index is 12.4. The molecule has 1 aromatic carbocycles. The van der Waals surface area contributed by atoms with Crippen molar-refractivity contribution in [3.05, 3.63) is 34.9 Å². The topological polar surface area (TPSA) is 57.9 Å². The number of carbonyl (C=O) groups is 2. The van der Waals surface area contributed by atoms with Gasteiger partial charge in [0, 0.05) is 12.3 Å². The third-order valence-electron chi connectivity index (χ3n) is 4.33. The molecule has 90 valence electrons. The molecule has 0 spiro atoms. The third kappa shape index (κ3) is 1.29. The molecule has 0 saturated heterocycles. The van der Waals surface area contributed by atoms with E-state index in [1.54, 1.807) is 13.0 Å². The zero-order chi connectivity index (χ0) is 12.9. The minimum atomic E-state index is -0.829. The first-order valence-electron chi connectivity index (χ1n) is 6.17. The van der Waals surface area contributed by atoms with Crippen LogP contribution in [-0.4, -0.2) is 11.6 Å². The highest BCUT2D eigenvalue weighted by Crippen LogP contribution is 2.46. The van der Waals surface area contributed by atoms with E-state index < -0.39 is 5.41 Å².